The van der Waals surface area contributed by atoms with E-state index in [0.717, 1.165) is 30.0 Å². The molecule has 3 aromatic heterocycles. The number of anilines is 1. The molecule has 5 rings (SSSR count). The Labute approximate surface area is 194 Å². The topological polar surface area (TPSA) is 149 Å². The van der Waals surface area contributed by atoms with E-state index < -0.39 is 18.4 Å². The summed E-state index contributed by atoms with van der Waals surface area (Å²) in [6.07, 6.45) is 2.37. The smallest absolute Gasteiger partial charge is 0.287 e. The Kier molecular flexibility index (Phi) is 5.70. The van der Waals surface area contributed by atoms with Crippen molar-refractivity contribution >= 4 is 22.6 Å². The fourth-order valence-corrected chi connectivity index (χ4v) is 4.51. The molecule has 0 radical (unpaired) electrons. The van der Waals surface area contributed by atoms with Crippen LogP contribution in [0.5, 0.6) is 0 Å². The lowest BCUT2D eigenvalue weighted by atomic mass is 10.1. The minimum atomic E-state index is -0.625. The van der Waals surface area contributed by atoms with E-state index in [9.17, 15) is 9.90 Å². The number of nitrogens with zero attached hydrogens (tertiary/aromatic N) is 8. The molecule has 2 N–H and O–H groups in total. The van der Waals surface area contributed by atoms with Crippen LogP contribution in [0.4, 0.5) is 5.69 Å². The van der Waals surface area contributed by atoms with Crippen LogP contribution in [-0.4, -0.2) is 60.9 Å². The summed E-state index contributed by atoms with van der Waals surface area (Å²) in [5.74, 6) is 0.380. The van der Waals surface area contributed by atoms with E-state index >= 15 is 0 Å². The first-order valence-corrected chi connectivity index (χ1v) is 11.2. The van der Waals surface area contributed by atoms with E-state index in [1.54, 1.807) is 10.8 Å². The Bertz CT molecular complexity index is 1430. The van der Waals surface area contributed by atoms with Gasteiger partial charge in [0, 0.05) is 36.3 Å². The van der Waals surface area contributed by atoms with Gasteiger partial charge in [0.15, 0.2) is 11.2 Å². The third-order valence-corrected chi connectivity index (χ3v) is 6.33. The maximum atomic E-state index is 13.1. The second kappa shape index (κ2) is 8.82. The number of ether oxygens (including phenoxy) is 1. The number of hydrogen-bond acceptors (Lipinski definition) is 7. The molecule has 0 amide bonds. The van der Waals surface area contributed by atoms with Crippen LogP contribution < -0.4 is 10.5 Å². The zero-order valence-corrected chi connectivity index (χ0v) is 18.9. The Balaban J connectivity index is 1.52. The molecule has 0 saturated carbocycles. The predicted molar refractivity (Wildman–Crippen MR) is 127 cm³/mol. The Hall–Kier alpha value is -3.86. The van der Waals surface area contributed by atoms with Gasteiger partial charge in [-0.05, 0) is 37.1 Å². The lowest BCUT2D eigenvalue weighted by Crippen LogP contribution is -2.23. The highest BCUT2D eigenvalue weighted by molar-refractivity contribution is 5.73. The third-order valence-electron chi connectivity index (χ3n) is 6.33. The predicted octanol–water partition coefficient (Wildman–Crippen LogP) is 2.84. The molecule has 3 atom stereocenters. The largest absolute Gasteiger partial charge is 0.394 e. The lowest BCUT2D eigenvalue weighted by molar-refractivity contribution is -0.0232. The number of H-pyrrole nitrogens is 1. The van der Waals surface area contributed by atoms with Crippen molar-refractivity contribution in [1.29, 1.82) is 0 Å². The maximum Gasteiger partial charge on any atom is 0.287 e. The zero-order valence-electron chi connectivity index (χ0n) is 18.9. The minimum absolute atomic E-state index is 0.205. The van der Waals surface area contributed by atoms with Gasteiger partial charge in [-0.25, -0.2) is 9.38 Å². The maximum absolute atomic E-state index is 13.1. The van der Waals surface area contributed by atoms with Crippen molar-refractivity contribution in [2.75, 3.05) is 24.6 Å². The molecule has 0 bridgehead atoms. The van der Waals surface area contributed by atoms with E-state index in [1.165, 1.54) is 10.7 Å². The Morgan fingerprint density at radius 2 is 2.09 bits per heavy atom. The number of nitrogens with one attached hydrogen (secondary N) is 1. The number of aromatic amines is 1. The van der Waals surface area contributed by atoms with Crippen LogP contribution in [-0.2, 0) is 4.74 Å². The van der Waals surface area contributed by atoms with Crippen molar-refractivity contribution in [3.8, 4) is 11.3 Å². The summed E-state index contributed by atoms with van der Waals surface area (Å²) < 4.78 is 8.94. The summed E-state index contributed by atoms with van der Waals surface area (Å²) in [5, 5.41) is 13.3. The van der Waals surface area contributed by atoms with Gasteiger partial charge >= 0.3 is 0 Å². The van der Waals surface area contributed by atoms with Gasteiger partial charge in [-0.15, -0.1) is 0 Å². The van der Waals surface area contributed by atoms with Gasteiger partial charge in [-0.2, -0.15) is 4.98 Å². The summed E-state index contributed by atoms with van der Waals surface area (Å²) in [7, 11) is 0. The Morgan fingerprint density at radius 1 is 1.32 bits per heavy atom. The number of aliphatic hydroxyl groups is 1. The van der Waals surface area contributed by atoms with Gasteiger partial charge in [0.1, 0.15) is 6.23 Å². The van der Waals surface area contributed by atoms with Gasteiger partial charge in [0.05, 0.1) is 30.8 Å². The molecule has 0 spiro atoms. The molecule has 1 aliphatic rings. The Morgan fingerprint density at radius 3 is 2.76 bits per heavy atom. The number of imidazole rings is 2. The fourth-order valence-electron chi connectivity index (χ4n) is 4.51. The summed E-state index contributed by atoms with van der Waals surface area (Å²) in [5.41, 5.74) is 11.9. The van der Waals surface area contributed by atoms with Crippen molar-refractivity contribution in [2.24, 2.45) is 5.11 Å². The number of benzene rings is 1. The molecule has 1 saturated heterocycles. The first-order chi connectivity index (χ1) is 16.6. The van der Waals surface area contributed by atoms with Gasteiger partial charge in [-0.1, -0.05) is 17.2 Å². The van der Waals surface area contributed by atoms with Crippen LogP contribution in [0.3, 0.4) is 0 Å². The molecule has 1 aromatic carbocycles. The number of aliphatic hydroxyl groups excluding tert-OH is 1. The number of rotatable bonds is 7. The molecule has 12 nitrogen and oxygen atoms in total. The monoisotopic (exact) mass is 463 g/mol. The van der Waals surface area contributed by atoms with E-state index in [1.807, 2.05) is 12.1 Å². The highest BCUT2D eigenvalue weighted by Crippen LogP contribution is 2.32. The van der Waals surface area contributed by atoms with Crippen molar-refractivity contribution in [1.82, 2.24) is 23.9 Å². The van der Waals surface area contributed by atoms with Crippen LogP contribution in [0.25, 0.3) is 38.6 Å². The molecule has 1 aliphatic heterocycles. The second-order valence-corrected chi connectivity index (χ2v) is 8.14. The quantitative estimate of drug-likeness (QED) is 0.244. The summed E-state index contributed by atoms with van der Waals surface area (Å²) >= 11 is 0. The van der Waals surface area contributed by atoms with Gasteiger partial charge in [-0.3, -0.25) is 9.36 Å². The number of hydrogen-bond donors (Lipinski definition) is 2. The van der Waals surface area contributed by atoms with Crippen LogP contribution in [0.15, 0.2) is 46.7 Å². The van der Waals surface area contributed by atoms with Crippen LogP contribution in [0, 0.1) is 0 Å². The average Bonchev–Trinajstić information content (AvgIpc) is 3.57. The zero-order chi connectivity index (χ0) is 23.8. The molecule has 34 heavy (non-hydrogen) atoms. The van der Waals surface area contributed by atoms with Crippen molar-refractivity contribution in [2.45, 2.75) is 38.6 Å². The van der Waals surface area contributed by atoms with Gasteiger partial charge in [0.2, 0.25) is 5.78 Å². The number of fused-ring (bicyclic) bond motifs is 2. The first kappa shape index (κ1) is 22.0. The van der Waals surface area contributed by atoms with Crippen LogP contribution >= 0.6 is 0 Å². The third kappa shape index (κ3) is 3.58. The van der Waals surface area contributed by atoms with Crippen LogP contribution in [0.1, 0.15) is 26.5 Å². The standard InChI is InChI=1S/C22H25N9O3/c1-3-29(4-2)14-7-5-13(6-8-14)16-10-30-21(33)19-20(26-22(30)25-16)31(12-24-19)18-9-15(27-28-23)17(11-32)34-18/h5-8,10,12,15,17-18,32H,3-4,9,11H2,1-2H3,(H,25,26)/t15-,17+,18+/m0/s1. The molecule has 0 aliphatic carbocycles. The van der Waals surface area contributed by atoms with Crippen molar-refractivity contribution < 1.29 is 9.84 Å². The van der Waals surface area contributed by atoms with Crippen molar-refractivity contribution in [3.63, 3.8) is 0 Å². The van der Waals surface area contributed by atoms with Crippen LogP contribution in [0.2, 0.25) is 0 Å². The molecule has 0 unspecified atom stereocenters. The van der Waals surface area contributed by atoms with E-state index in [2.05, 4.69) is 55.9 Å². The first-order valence-electron chi connectivity index (χ1n) is 11.2. The highest BCUT2D eigenvalue weighted by atomic mass is 16.5. The van der Waals surface area contributed by atoms with Gasteiger partial charge in [0.25, 0.3) is 5.56 Å². The number of azide groups is 1. The van der Waals surface area contributed by atoms with Crippen molar-refractivity contribution in [3.05, 3.63) is 57.6 Å². The average molecular weight is 464 g/mol. The number of aromatic nitrogens is 5. The molecular weight excluding hydrogens is 438 g/mol. The minimum Gasteiger partial charge on any atom is -0.394 e. The molecule has 176 valence electrons. The second-order valence-electron chi connectivity index (χ2n) is 8.14. The molecule has 4 heterocycles. The normalized spacial score (nSPS) is 20.1. The summed E-state index contributed by atoms with van der Waals surface area (Å²) in [4.78, 5) is 30.4. The SMILES string of the molecule is CCN(CC)c1ccc(-c2cn3c(=O)c4ncn([C@H]5C[C@H](N=[N+]=[N-])[C@@H](CO)O5)c4nc3[nH]2)cc1. The highest BCUT2D eigenvalue weighted by Gasteiger charge is 2.36. The van der Waals surface area contributed by atoms with E-state index in [-0.39, 0.29) is 17.7 Å². The molecule has 12 heteroatoms. The summed E-state index contributed by atoms with van der Waals surface area (Å²) in [6.45, 7) is 5.82. The summed E-state index contributed by atoms with van der Waals surface area (Å²) in [6, 6.07) is 7.63. The van der Waals surface area contributed by atoms with E-state index in [4.69, 9.17) is 10.3 Å². The molecule has 4 aromatic rings. The molecular formula is C22H25N9O3. The molecule has 1 fully saturated rings. The fraction of sp³-hybridized carbons (Fsp3) is 0.409. The lowest BCUT2D eigenvalue weighted by Gasteiger charge is -2.20. The van der Waals surface area contributed by atoms with Gasteiger partial charge < -0.3 is 19.7 Å². The van der Waals surface area contributed by atoms with E-state index in [0.29, 0.717) is 17.8 Å².